The molecule has 2 rings (SSSR count). The van der Waals surface area contributed by atoms with Crippen LogP contribution in [0.15, 0.2) is 18.2 Å². The fourth-order valence-corrected chi connectivity index (χ4v) is 1.89. The Labute approximate surface area is 84.5 Å². The average molecular weight is 192 g/mol. The SMILES string of the molecule is CCc1ccc2c(c1)C(O)C(CC)O2. The first-order valence-electron chi connectivity index (χ1n) is 5.23. The third-order valence-electron chi connectivity index (χ3n) is 2.83. The Hall–Kier alpha value is -1.02. The molecule has 0 saturated heterocycles. The van der Waals surface area contributed by atoms with Gasteiger partial charge >= 0.3 is 0 Å². The predicted molar refractivity (Wildman–Crippen MR) is 55.5 cm³/mol. The standard InChI is InChI=1S/C12H16O2/c1-3-8-5-6-11-9(7-8)12(13)10(4-2)14-11/h5-7,10,12-13H,3-4H2,1-2H3. The van der Waals surface area contributed by atoms with Crippen molar-refractivity contribution in [1.82, 2.24) is 0 Å². The highest BCUT2D eigenvalue weighted by atomic mass is 16.5. The van der Waals surface area contributed by atoms with Crippen LogP contribution < -0.4 is 4.74 Å². The molecular weight excluding hydrogens is 176 g/mol. The topological polar surface area (TPSA) is 29.5 Å². The van der Waals surface area contributed by atoms with E-state index >= 15 is 0 Å². The van der Waals surface area contributed by atoms with Gasteiger partial charge in [0.15, 0.2) is 0 Å². The first-order chi connectivity index (χ1) is 6.76. The molecule has 0 bridgehead atoms. The summed E-state index contributed by atoms with van der Waals surface area (Å²) in [6.45, 7) is 4.14. The lowest BCUT2D eigenvalue weighted by Crippen LogP contribution is -2.16. The monoisotopic (exact) mass is 192 g/mol. The van der Waals surface area contributed by atoms with Gasteiger partial charge in [-0.3, -0.25) is 0 Å². The van der Waals surface area contributed by atoms with Gasteiger partial charge in [-0.1, -0.05) is 19.9 Å². The zero-order valence-corrected chi connectivity index (χ0v) is 8.66. The molecule has 14 heavy (non-hydrogen) atoms. The van der Waals surface area contributed by atoms with Gasteiger partial charge in [0.25, 0.3) is 0 Å². The van der Waals surface area contributed by atoms with Crippen molar-refractivity contribution in [1.29, 1.82) is 0 Å². The van der Waals surface area contributed by atoms with Crippen LogP contribution in [0.1, 0.15) is 37.5 Å². The molecule has 0 aliphatic carbocycles. The molecule has 0 spiro atoms. The van der Waals surface area contributed by atoms with Crippen LogP contribution in [0, 0.1) is 0 Å². The largest absolute Gasteiger partial charge is 0.487 e. The van der Waals surface area contributed by atoms with E-state index in [0.717, 1.165) is 24.2 Å². The zero-order chi connectivity index (χ0) is 10.1. The van der Waals surface area contributed by atoms with Gasteiger partial charge in [-0.2, -0.15) is 0 Å². The second-order valence-corrected chi connectivity index (χ2v) is 3.74. The Balaban J connectivity index is 2.35. The summed E-state index contributed by atoms with van der Waals surface area (Å²) >= 11 is 0. The summed E-state index contributed by atoms with van der Waals surface area (Å²) in [7, 11) is 0. The van der Waals surface area contributed by atoms with Gasteiger partial charge in [-0.15, -0.1) is 0 Å². The number of aryl methyl sites for hydroxylation is 1. The van der Waals surface area contributed by atoms with Crippen molar-refractivity contribution in [3.05, 3.63) is 29.3 Å². The number of hydrogen-bond acceptors (Lipinski definition) is 2. The molecule has 0 amide bonds. The second kappa shape index (κ2) is 3.62. The van der Waals surface area contributed by atoms with Gasteiger partial charge < -0.3 is 9.84 Å². The minimum Gasteiger partial charge on any atom is -0.487 e. The van der Waals surface area contributed by atoms with Crippen LogP contribution in [-0.2, 0) is 6.42 Å². The molecule has 2 heteroatoms. The van der Waals surface area contributed by atoms with E-state index in [2.05, 4.69) is 19.1 Å². The lowest BCUT2D eigenvalue weighted by Gasteiger charge is -2.10. The average Bonchev–Trinajstić information content (AvgIpc) is 2.55. The molecule has 1 aromatic rings. The van der Waals surface area contributed by atoms with Gasteiger partial charge in [-0.25, -0.2) is 0 Å². The van der Waals surface area contributed by atoms with Gasteiger partial charge in [0.2, 0.25) is 0 Å². The molecule has 1 N–H and O–H groups in total. The summed E-state index contributed by atoms with van der Waals surface area (Å²) in [4.78, 5) is 0. The fraction of sp³-hybridized carbons (Fsp3) is 0.500. The summed E-state index contributed by atoms with van der Waals surface area (Å²) in [6.07, 6.45) is 1.34. The van der Waals surface area contributed by atoms with Crippen molar-refractivity contribution in [3.8, 4) is 5.75 Å². The third-order valence-corrected chi connectivity index (χ3v) is 2.83. The summed E-state index contributed by atoms with van der Waals surface area (Å²) in [5.41, 5.74) is 2.21. The second-order valence-electron chi connectivity index (χ2n) is 3.74. The van der Waals surface area contributed by atoms with Crippen LogP contribution in [0.4, 0.5) is 0 Å². The summed E-state index contributed by atoms with van der Waals surface area (Å²) in [6, 6.07) is 6.08. The van der Waals surface area contributed by atoms with E-state index in [0.29, 0.717) is 0 Å². The van der Waals surface area contributed by atoms with E-state index in [1.165, 1.54) is 5.56 Å². The molecule has 0 fully saturated rings. The van der Waals surface area contributed by atoms with Crippen LogP contribution in [-0.4, -0.2) is 11.2 Å². The van der Waals surface area contributed by atoms with Crippen molar-refractivity contribution in [3.63, 3.8) is 0 Å². The van der Waals surface area contributed by atoms with E-state index < -0.39 is 6.10 Å². The van der Waals surface area contributed by atoms with Gasteiger partial charge in [0.05, 0.1) is 0 Å². The molecule has 76 valence electrons. The fourth-order valence-electron chi connectivity index (χ4n) is 1.89. The van der Waals surface area contributed by atoms with Crippen molar-refractivity contribution in [2.24, 2.45) is 0 Å². The first-order valence-corrected chi connectivity index (χ1v) is 5.23. The summed E-state index contributed by atoms with van der Waals surface area (Å²) in [5, 5.41) is 9.94. The highest BCUT2D eigenvalue weighted by Gasteiger charge is 2.31. The molecule has 1 aromatic carbocycles. The van der Waals surface area contributed by atoms with Crippen molar-refractivity contribution >= 4 is 0 Å². The molecule has 1 aliphatic heterocycles. The molecule has 0 aromatic heterocycles. The smallest absolute Gasteiger partial charge is 0.129 e. The lowest BCUT2D eigenvalue weighted by atomic mass is 10.0. The Kier molecular flexibility index (Phi) is 2.46. The minimum atomic E-state index is -0.443. The number of fused-ring (bicyclic) bond motifs is 1. The Morgan fingerprint density at radius 3 is 2.79 bits per heavy atom. The Morgan fingerprint density at radius 1 is 1.36 bits per heavy atom. The van der Waals surface area contributed by atoms with Gasteiger partial charge in [-0.05, 0) is 30.5 Å². The highest BCUT2D eigenvalue weighted by Crippen LogP contribution is 2.38. The Bertz CT molecular complexity index is 333. The predicted octanol–water partition coefficient (Wildman–Crippen LogP) is 2.45. The van der Waals surface area contributed by atoms with Crippen LogP contribution >= 0.6 is 0 Å². The number of ether oxygens (including phenoxy) is 1. The molecule has 2 atom stereocenters. The number of aliphatic hydroxyl groups is 1. The quantitative estimate of drug-likeness (QED) is 0.780. The van der Waals surface area contributed by atoms with E-state index in [9.17, 15) is 5.11 Å². The maximum Gasteiger partial charge on any atom is 0.129 e. The van der Waals surface area contributed by atoms with Crippen molar-refractivity contribution in [2.45, 2.75) is 38.9 Å². The molecule has 2 unspecified atom stereocenters. The first kappa shape index (κ1) is 9.53. The normalized spacial score (nSPS) is 24.5. The molecule has 2 nitrogen and oxygen atoms in total. The van der Waals surface area contributed by atoms with Crippen LogP contribution in [0.2, 0.25) is 0 Å². The number of hydrogen-bond donors (Lipinski definition) is 1. The molecule has 0 radical (unpaired) electrons. The van der Waals surface area contributed by atoms with Crippen LogP contribution in [0.25, 0.3) is 0 Å². The Morgan fingerprint density at radius 2 is 2.14 bits per heavy atom. The van der Waals surface area contributed by atoms with Crippen LogP contribution in [0.5, 0.6) is 5.75 Å². The molecule has 1 aliphatic rings. The van der Waals surface area contributed by atoms with Crippen molar-refractivity contribution < 1.29 is 9.84 Å². The summed E-state index contributed by atoms with van der Waals surface area (Å²) in [5.74, 6) is 0.849. The van der Waals surface area contributed by atoms with Crippen LogP contribution in [0.3, 0.4) is 0 Å². The lowest BCUT2D eigenvalue weighted by molar-refractivity contribution is 0.0653. The van der Waals surface area contributed by atoms with Gasteiger partial charge in [0, 0.05) is 5.56 Å². The van der Waals surface area contributed by atoms with Gasteiger partial charge in [0.1, 0.15) is 18.0 Å². The van der Waals surface area contributed by atoms with E-state index in [-0.39, 0.29) is 6.10 Å². The number of rotatable bonds is 2. The molecule has 1 heterocycles. The minimum absolute atomic E-state index is 0.0582. The third kappa shape index (κ3) is 1.40. The van der Waals surface area contributed by atoms with E-state index in [1.807, 2.05) is 13.0 Å². The number of aliphatic hydroxyl groups excluding tert-OH is 1. The molecule has 0 saturated carbocycles. The highest BCUT2D eigenvalue weighted by molar-refractivity contribution is 5.42. The maximum atomic E-state index is 9.94. The zero-order valence-electron chi connectivity index (χ0n) is 8.66. The van der Waals surface area contributed by atoms with E-state index in [4.69, 9.17) is 4.74 Å². The summed E-state index contributed by atoms with van der Waals surface area (Å²) < 4.78 is 5.62. The number of benzene rings is 1. The molecular formula is C12H16O2. The maximum absolute atomic E-state index is 9.94. The van der Waals surface area contributed by atoms with E-state index in [1.54, 1.807) is 0 Å². The van der Waals surface area contributed by atoms with Crippen molar-refractivity contribution in [2.75, 3.05) is 0 Å².